The molecule has 2 N–H and O–H groups in total. The summed E-state index contributed by atoms with van der Waals surface area (Å²) in [5.74, 6) is -0.0686. The van der Waals surface area contributed by atoms with Crippen molar-refractivity contribution in [3.8, 4) is 5.75 Å². The van der Waals surface area contributed by atoms with E-state index in [9.17, 15) is 9.59 Å². The van der Waals surface area contributed by atoms with Crippen LogP contribution in [0.5, 0.6) is 5.75 Å². The molecule has 1 aliphatic carbocycles. The van der Waals surface area contributed by atoms with E-state index in [1.54, 1.807) is 43.3 Å². The van der Waals surface area contributed by atoms with Crippen LogP contribution in [0.4, 0.5) is 5.69 Å². The summed E-state index contributed by atoms with van der Waals surface area (Å²) in [6.45, 7) is 1.64. The van der Waals surface area contributed by atoms with Crippen molar-refractivity contribution >= 4 is 56.6 Å². The lowest BCUT2D eigenvalue weighted by molar-refractivity contribution is -0.122. The van der Waals surface area contributed by atoms with Gasteiger partial charge in [-0.1, -0.05) is 42.5 Å². The van der Waals surface area contributed by atoms with Crippen LogP contribution in [0.2, 0.25) is 10.0 Å². The van der Waals surface area contributed by atoms with Crippen molar-refractivity contribution in [2.24, 2.45) is 0 Å². The molecule has 1 fully saturated rings. The first-order valence-corrected chi connectivity index (χ1v) is 11.4. The summed E-state index contributed by atoms with van der Waals surface area (Å²) in [6, 6.07) is 10.1. The average Bonchev–Trinajstić information content (AvgIpc) is 2.72. The Morgan fingerprint density at radius 3 is 2.53 bits per heavy atom. The molecule has 1 aliphatic rings. The highest BCUT2D eigenvalue weighted by atomic mass is 79.9. The van der Waals surface area contributed by atoms with Gasteiger partial charge in [-0.2, -0.15) is 0 Å². The zero-order valence-electron chi connectivity index (χ0n) is 16.5. The molecule has 0 heterocycles. The van der Waals surface area contributed by atoms with Crippen LogP contribution < -0.4 is 15.4 Å². The summed E-state index contributed by atoms with van der Waals surface area (Å²) in [6.07, 6.45) is 4.65. The Morgan fingerprint density at radius 1 is 1.10 bits per heavy atom. The molecule has 1 unspecified atom stereocenters. The fourth-order valence-electron chi connectivity index (χ4n) is 3.35. The summed E-state index contributed by atoms with van der Waals surface area (Å²) in [4.78, 5) is 25.2. The summed E-state index contributed by atoms with van der Waals surface area (Å²) in [5.41, 5.74) is 0.817. The number of ether oxygens (including phenoxy) is 1. The molecule has 2 amide bonds. The second-order valence-corrected chi connectivity index (χ2v) is 9.03. The van der Waals surface area contributed by atoms with Gasteiger partial charge < -0.3 is 15.4 Å². The van der Waals surface area contributed by atoms with Gasteiger partial charge in [0.1, 0.15) is 5.75 Å². The first-order valence-electron chi connectivity index (χ1n) is 9.86. The van der Waals surface area contributed by atoms with Crippen molar-refractivity contribution in [3.05, 3.63) is 56.5 Å². The highest BCUT2D eigenvalue weighted by Gasteiger charge is 2.20. The van der Waals surface area contributed by atoms with Gasteiger partial charge in [0, 0.05) is 16.8 Å². The second kappa shape index (κ2) is 10.5. The Kier molecular flexibility index (Phi) is 8.03. The predicted octanol–water partition coefficient (Wildman–Crippen LogP) is 6.22. The third-order valence-electron chi connectivity index (χ3n) is 4.99. The molecule has 0 aromatic heterocycles. The molecule has 0 bridgehead atoms. The number of carbonyl (C=O) groups excluding carboxylic acids is 2. The Labute approximate surface area is 194 Å². The van der Waals surface area contributed by atoms with Gasteiger partial charge >= 0.3 is 0 Å². The molecular formula is C22H23BrCl2N2O3. The van der Waals surface area contributed by atoms with Crippen LogP contribution in [-0.4, -0.2) is 24.0 Å². The number of halogens is 3. The van der Waals surface area contributed by atoms with Gasteiger partial charge in [-0.3, -0.25) is 9.59 Å². The molecule has 1 saturated carbocycles. The lowest BCUT2D eigenvalue weighted by Gasteiger charge is -2.23. The Morgan fingerprint density at radius 2 is 1.83 bits per heavy atom. The summed E-state index contributed by atoms with van der Waals surface area (Å²) in [5, 5.41) is 6.73. The van der Waals surface area contributed by atoms with Crippen LogP contribution in [-0.2, 0) is 4.79 Å². The Bertz CT molecular complexity index is 933. The van der Waals surface area contributed by atoms with Crippen LogP contribution in [0.1, 0.15) is 49.4 Å². The van der Waals surface area contributed by atoms with Gasteiger partial charge in [0.2, 0.25) is 0 Å². The van der Waals surface area contributed by atoms with Gasteiger partial charge in [-0.05, 0) is 72.1 Å². The molecule has 3 rings (SSSR count). The van der Waals surface area contributed by atoms with Crippen molar-refractivity contribution in [1.82, 2.24) is 5.32 Å². The van der Waals surface area contributed by atoms with Crippen molar-refractivity contribution in [3.63, 3.8) is 0 Å². The third kappa shape index (κ3) is 6.13. The molecule has 2 aromatic carbocycles. The van der Waals surface area contributed by atoms with Gasteiger partial charge in [-0.25, -0.2) is 0 Å². The molecule has 2 aromatic rings. The number of hydrogen-bond acceptors (Lipinski definition) is 3. The van der Waals surface area contributed by atoms with Gasteiger partial charge in [0.25, 0.3) is 11.8 Å². The average molecular weight is 514 g/mol. The summed E-state index contributed by atoms with van der Waals surface area (Å²) in [7, 11) is 0. The van der Waals surface area contributed by atoms with Gasteiger partial charge in [0.15, 0.2) is 6.10 Å². The Hall–Kier alpha value is -1.76. The summed E-state index contributed by atoms with van der Waals surface area (Å²) >= 11 is 15.5. The van der Waals surface area contributed by atoms with E-state index < -0.39 is 6.10 Å². The predicted molar refractivity (Wildman–Crippen MR) is 124 cm³/mol. The molecular weight excluding hydrogens is 491 g/mol. The lowest BCUT2D eigenvalue weighted by atomic mass is 9.95. The van der Waals surface area contributed by atoms with Crippen LogP contribution in [0.3, 0.4) is 0 Å². The number of carbonyl (C=O) groups is 2. The molecule has 0 radical (unpaired) electrons. The lowest BCUT2D eigenvalue weighted by Crippen LogP contribution is -2.36. The highest BCUT2D eigenvalue weighted by Crippen LogP contribution is 2.29. The fraction of sp³-hybridized carbons (Fsp3) is 0.364. The first kappa shape index (κ1) is 22.9. The smallest absolute Gasteiger partial charge is 0.265 e. The first-order chi connectivity index (χ1) is 14.3. The minimum absolute atomic E-state index is 0.173. The Balaban J connectivity index is 1.64. The van der Waals surface area contributed by atoms with E-state index in [0.717, 1.165) is 25.7 Å². The molecule has 30 heavy (non-hydrogen) atoms. The summed E-state index contributed by atoms with van der Waals surface area (Å²) < 4.78 is 6.37. The van der Waals surface area contributed by atoms with E-state index in [1.165, 1.54) is 6.42 Å². The maximum Gasteiger partial charge on any atom is 0.265 e. The molecule has 5 nitrogen and oxygen atoms in total. The fourth-order valence-corrected chi connectivity index (χ4v) is 4.33. The van der Waals surface area contributed by atoms with E-state index in [-0.39, 0.29) is 17.9 Å². The third-order valence-corrected chi connectivity index (χ3v) is 6.17. The maximum absolute atomic E-state index is 12.7. The number of anilines is 1. The quantitative estimate of drug-likeness (QED) is 0.481. The van der Waals surface area contributed by atoms with Crippen molar-refractivity contribution in [1.29, 1.82) is 0 Å². The minimum atomic E-state index is -0.766. The number of benzene rings is 2. The van der Waals surface area contributed by atoms with Gasteiger partial charge in [-0.15, -0.1) is 0 Å². The largest absolute Gasteiger partial charge is 0.480 e. The SMILES string of the molecule is CC(Oc1ccc(Cl)cc1Br)C(=O)Nc1ccc(Cl)c(C(=O)NC2CCCCC2)c1. The van der Waals surface area contributed by atoms with Crippen LogP contribution >= 0.6 is 39.1 Å². The molecule has 8 heteroatoms. The topological polar surface area (TPSA) is 67.4 Å². The van der Waals surface area contributed by atoms with Gasteiger partial charge in [0.05, 0.1) is 15.1 Å². The number of rotatable bonds is 6. The number of nitrogens with one attached hydrogen (secondary N) is 2. The molecule has 0 spiro atoms. The maximum atomic E-state index is 12.7. The van der Waals surface area contributed by atoms with Crippen LogP contribution in [0, 0.1) is 0 Å². The van der Waals surface area contributed by atoms with E-state index in [2.05, 4.69) is 26.6 Å². The minimum Gasteiger partial charge on any atom is -0.480 e. The molecule has 1 atom stereocenters. The van der Waals surface area contributed by atoms with Crippen LogP contribution in [0.25, 0.3) is 0 Å². The highest BCUT2D eigenvalue weighted by molar-refractivity contribution is 9.10. The molecule has 0 saturated heterocycles. The van der Waals surface area contributed by atoms with Crippen LogP contribution in [0.15, 0.2) is 40.9 Å². The van der Waals surface area contributed by atoms with E-state index >= 15 is 0 Å². The number of amides is 2. The second-order valence-electron chi connectivity index (χ2n) is 7.33. The van der Waals surface area contributed by atoms with Crippen molar-refractivity contribution in [2.45, 2.75) is 51.2 Å². The molecule has 160 valence electrons. The van der Waals surface area contributed by atoms with E-state index in [1.807, 2.05) is 0 Å². The monoisotopic (exact) mass is 512 g/mol. The standard InChI is InChI=1S/C22H23BrCl2N2O3/c1-13(30-20-10-7-14(24)11-18(20)23)21(28)27-16-8-9-19(25)17(12-16)22(29)26-15-5-3-2-4-6-15/h7-13,15H,2-6H2,1H3,(H,26,29)(H,27,28). The van der Waals surface area contributed by atoms with Crippen molar-refractivity contribution in [2.75, 3.05) is 5.32 Å². The van der Waals surface area contributed by atoms with Crippen molar-refractivity contribution < 1.29 is 14.3 Å². The van der Waals surface area contributed by atoms with E-state index in [0.29, 0.717) is 31.5 Å². The zero-order chi connectivity index (χ0) is 21.7. The number of hydrogen-bond donors (Lipinski definition) is 2. The molecule has 0 aliphatic heterocycles. The van der Waals surface area contributed by atoms with E-state index in [4.69, 9.17) is 27.9 Å². The normalized spacial score (nSPS) is 15.3. The zero-order valence-corrected chi connectivity index (χ0v) is 19.6.